The second kappa shape index (κ2) is 6.98. The summed E-state index contributed by atoms with van der Waals surface area (Å²) in [5, 5.41) is 11.3. The quantitative estimate of drug-likeness (QED) is 0.336. The summed E-state index contributed by atoms with van der Waals surface area (Å²) in [4.78, 5) is 15.6. The van der Waals surface area contributed by atoms with Crippen LogP contribution in [0.15, 0.2) is 5.16 Å². The van der Waals surface area contributed by atoms with Gasteiger partial charge in [0.15, 0.2) is 0 Å². The molecule has 1 rings (SSSR count). The fourth-order valence-electron chi connectivity index (χ4n) is 1.93. The van der Waals surface area contributed by atoms with E-state index in [0.717, 1.165) is 25.9 Å². The summed E-state index contributed by atoms with van der Waals surface area (Å²) >= 11 is 0. The standard InChI is InChI=1S/C11H22N4O2/c1-14(9-6-10(12)13-17)11(16)15-7-4-2-3-5-8-15/h17H,2-9H2,1H3,(H2,12,13). The Morgan fingerprint density at radius 3 is 2.47 bits per heavy atom. The Morgan fingerprint density at radius 1 is 1.35 bits per heavy atom. The Morgan fingerprint density at radius 2 is 1.94 bits per heavy atom. The first-order chi connectivity index (χ1) is 8.15. The van der Waals surface area contributed by atoms with Gasteiger partial charge in [0.2, 0.25) is 0 Å². The molecule has 1 aliphatic heterocycles. The molecule has 0 saturated carbocycles. The van der Waals surface area contributed by atoms with E-state index in [1.165, 1.54) is 12.8 Å². The average Bonchev–Trinajstić information content (AvgIpc) is 2.63. The van der Waals surface area contributed by atoms with E-state index in [4.69, 9.17) is 10.9 Å². The van der Waals surface area contributed by atoms with Crippen molar-refractivity contribution in [3.63, 3.8) is 0 Å². The Kier molecular flexibility index (Phi) is 5.59. The Balaban J connectivity index is 2.39. The zero-order valence-electron chi connectivity index (χ0n) is 10.4. The maximum Gasteiger partial charge on any atom is 0.319 e. The minimum Gasteiger partial charge on any atom is -0.409 e. The first kappa shape index (κ1) is 13.6. The molecule has 1 heterocycles. The van der Waals surface area contributed by atoms with Crippen molar-refractivity contribution >= 4 is 11.9 Å². The molecule has 0 aromatic heterocycles. The maximum absolute atomic E-state index is 12.1. The molecule has 1 fully saturated rings. The van der Waals surface area contributed by atoms with Crippen LogP contribution in [0.1, 0.15) is 32.1 Å². The molecule has 98 valence electrons. The van der Waals surface area contributed by atoms with E-state index in [-0.39, 0.29) is 11.9 Å². The van der Waals surface area contributed by atoms with Crippen molar-refractivity contribution in [2.24, 2.45) is 10.9 Å². The lowest BCUT2D eigenvalue weighted by Crippen LogP contribution is -2.42. The SMILES string of the molecule is CN(CCC(N)=NO)C(=O)N1CCCCCC1. The molecule has 3 N–H and O–H groups in total. The number of nitrogens with two attached hydrogens (primary N) is 1. The highest BCUT2D eigenvalue weighted by Crippen LogP contribution is 2.11. The maximum atomic E-state index is 12.1. The van der Waals surface area contributed by atoms with Gasteiger partial charge in [-0.25, -0.2) is 4.79 Å². The first-order valence-electron chi connectivity index (χ1n) is 6.11. The van der Waals surface area contributed by atoms with E-state index in [0.29, 0.717) is 13.0 Å². The molecule has 6 nitrogen and oxygen atoms in total. The van der Waals surface area contributed by atoms with Crippen molar-refractivity contribution in [3.05, 3.63) is 0 Å². The molecule has 0 aromatic rings. The molecule has 0 radical (unpaired) electrons. The lowest BCUT2D eigenvalue weighted by atomic mass is 10.2. The zero-order chi connectivity index (χ0) is 12.7. The summed E-state index contributed by atoms with van der Waals surface area (Å²) in [7, 11) is 1.75. The van der Waals surface area contributed by atoms with Crippen LogP contribution in [0.3, 0.4) is 0 Å². The monoisotopic (exact) mass is 242 g/mol. The molecule has 0 unspecified atom stereocenters. The minimum atomic E-state index is 0.0395. The second-order valence-electron chi connectivity index (χ2n) is 4.45. The van der Waals surface area contributed by atoms with Gasteiger partial charge in [-0.2, -0.15) is 0 Å². The number of oxime groups is 1. The number of amides is 2. The zero-order valence-corrected chi connectivity index (χ0v) is 10.4. The topological polar surface area (TPSA) is 82.2 Å². The van der Waals surface area contributed by atoms with Gasteiger partial charge in [-0.15, -0.1) is 0 Å². The lowest BCUT2D eigenvalue weighted by Gasteiger charge is -2.26. The predicted molar refractivity (Wildman–Crippen MR) is 66.1 cm³/mol. The van der Waals surface area contributed by atoms with Crippen LogP contribution in [0.2, 0.25) is 0 Å². The molecule has 0 aromatic carbocycles. The third-order valence-electron chi connectivity index (χ3n) is 3.03. The van der Waals surface area contributed by atoms with E-state index in [1.54, 1.807) is 11.9 Å². The van der Waals surface area contributed by atoms with Crippen LogP contribution in [0, 0.1) is 0 Å². The summed E-state index contributed by atoms with van der Waals surface area (Å²) in [6, 6.07) is 0.0395. The summed E-state index contributed by atoms with van der Waals surface area (Å²) in [6.45, 7) is 2.16. The number of carbonyl (C=O) groups is 1. The molecule has 0 aliphatic carbocycles. The van der Waals surface area contributed by atoms with Crippen LogP contribution in [0.5, 0.6) is 0 Å². The molecule has 0 atom stereocenters. The number of hydrogen-bond donors (Lipinski definition) is 2. The lowest BCUT2D eigenvalue weighted by molar-refractivity contribution is 0.165. The molecule has 1 aliphatic rings. The second-order valence-corrected chi connectivity index (χ2v) is 4.45. The molecule has 0 spiro atoms. The van der Waals surface area contributed by atoms with Crippen LogP contribution >= 0.6 is 0 Å². The van der Waals surface area contributed by atoms with Gasteiger partial charge in [0.25, 0.3) is 0 Å². The highest BCUT2D eigenvalue weighted by Gasteiger charge is 2.18. The van der Waals surface area contributed by atoms with Crippen molar-refractivity contribution in [2.45, 2.75) is 32.1 Å². The highest BCUT2D eigenvalue weighted by atomic mass is 16.4. The number of rotatable bonds is 3. The van der Waals surface area contributed by atoms with Gasteiger partial charge < -0.3 is 20.7 Å². The molecular weight excluding hydrogens is 220 g/mol. The average molecular weight is 242 g/mol. The number of urea groups is 1. The van der Waals surface area contributed by atoms with Crippen molar-refractivity contribution in [1.82, 2.24) is 9.80 Å². The van der Waals surface area contributed by atoms with Gasteiger partial charge in [0, 0.05) is 33.1 Å². The van der Waals surface area contributed by atoms with Crippen LogP contribution < -0.4 is 5.73 Å². The van der Waals surface area contributed by atoms with Gasteiger partial charge in [-0.3, -0.25) is 0 Å². The van der Waals surface area contributed by atoms with Gasteiger partial charge in [-0.1, -0.05) is 18.0 Å². The van der Waals surface area contributed by atoms with Crippen molar-refractivity contribution < 1.29 is 10.0 Å². The Hall–Kier alpha value is -1.46. The smallest absolute Gasteiger partial charge is 0.319 e. The molecule has 1 saturated heterocycles. The number of amidine groups is 1. The molecular formula is C11H22N4O2. The molecule has 6 heteroatoms. The molecule has 0 bridgehead atoms. The van der Waals surface area contributed by atoms with E-state index >= 15 is 0 Å². The van der Waals surface area contributed by atoms with Gasteiger partial charge in [-0.05, 0) is 12.8 Å². The first-order valence-corrected chi connectivity index (χ1v) is 6.11. The third-order valence-corrected chi connectivity index (χ3v) is 3.03. The van der Waals surface area contributed by atoms with Crippen LogP contribution in [-0.2, 0) is 0 Å². The fraction of sp³-hybridized carbons (Fsp3) is 0.818. The molecule has 2 amide bonds. The van der Waals surface area contributed by atoms with Crippen molar-refractivity contribution in [2.75, 3.05) is 26.7 Å². The number of carbonyl (C=O) groups excluding carboxylic acids is 1. The number of hydrogen-bond acceptors (Lipinski definition) is 3. The number of likely N-dealkylation sites (tertiary alicyclic amines) is 1. The summed E-state index contributed by atoms with van der Waals surface area (Å²) in [5.41, 5.74) is 5.37. The van der Waals surface area contributed by atoms with E-state index in [9.17, 15) is 4.79 Å². The van der Waals surface area contributed by atoms with Crippen LogP contribution in [-0.4, -0.2) is 53.6 Å². The highest BCUT2D eigenvalue weighted by molar-refractivity contribution is 5.80. The summed E-state index contributed by atoms with van der Waals surface area (Å²) < 4.78 is 0. The van der Waals surface area contributed by atoms with E-state index in [2.05, 4.69) is 5.16 Å². The van der Waals surface area contributed by atoms with Gasteiger partial charge in [0.1, 0.15) is 5.84 Å². The predicted octanol–water partition coefficient (Wildman–Crippen LogP) is 1.05. The summed E-state index contributed by atoms with van der Waals surface area (Å²) in [6.07, 6.45) is 4.97. The Bertz CT molecular complexity index is 273. The number of nitrogens with zero attached hydrogens (tertiary/aromatic N) is 3. The Labute approximate surface area is 102 Å². The minimum absolute atomic E-state index is 0.0395. The van der Waals surface area contributed by atoms with Crippen LogP contribution in [0.4, 0.5) is 4.79 Å². The molecule has 17 heavy (non-hydrogen) atoms. The fourth-order valence-corrected chi connectivity index (χ4v) is 1.93. The van der Waals surface area contributed by atoms with E-state index in [1.807, 2.05) is 4.90 Å². The van der Waals surface area contributed by atoms with Crippen LogP contribution in [0.25, 0.3) is 0 Å². The van der Waals surface area contributed by atoms with Crippen molar-refractivity contribution in [3.8, 4) is 0 Å². The summed E-state index contributed by atoms with van der Waals surface area (Å²) in [5.74, 6) is 0.153. The van der Waals surface area contributed by atoms with E-state index < -0.39 is 0 Å². The van der Waals surface area contributed by atoms with Gasteiger partial charge >= 0.3 is 6.03 Å². The van der Waals surface area contributed by atoms with Gasteiger partial charge in [0.05, 0.1) is 0 Å². The largest absolute Gasteiger partial charge is 0.409 e. The normalized spacial score (nSPS) is 17.7. The van der Waals surface area contributed by atoms with Crippen molar-refractivity contribution in [1.29, 1.82) is 0 Å². The third kappa shape index (κ3) is 4.50.